The van der Waals surface area contributed by atoms with Crippen LogP contribution in [0.3, 0.4) is 0 Å². The number of hydrogen-bond acceptors (Lipinski definition) is 3. The molecule has 0 saturated heterocycles. The molecule has 3 heteroatoms. The molecule has 1 aromatic carbocycles. The van der Waals surface area contributed by atoms with Crippen molar-refractivity contribution >= 4 is 11.5 Å². The summed E-state index contributed by atoms with van der Waals surface area (Å²) >= 11 is 0. The Hall–Kier alpha value is -1.51. The van der Waals surface area contributed by atoms with Crippen LogP contribution in [0.25, 0.3) is 0 Å². The van der Waals surface area contributed by atoms with Gasteiger partial charge in [-0.2, -0.15) is 5.11 Å². The van der Waals surface area contributed by atoms with E-state index in [2.05, 4.69) is 5.11 Å². The molecule has 12 heavy (non-hydrogen) atoms. The van der Waals surface area contributed by atoms with E-state index in [4.69, 9.17) is 5.53 Å². The molecule has 0 aliphatic heterocycles. The SMILES string of the molecule is CC(=O)c1ccc(C)c(N=N)c1. The highest BCUT2D eigenvalue weighted by Crippen LogP contribution is 2.19. The maximum absolute atomic E-state index is 10.9. The van der Waals surface area contributed by atoms with Crippen LogP contribution in [-0.2, 0) is 0 Å². The minimum atomic E-state index is -0.0000926. The minimum Gasteiger partial charge on any atom is -0.295 e. The fraction of sp³-hybridized carbons (Fsp3) is 0.222. The molecule has 0 fully saturated rings. The van der Waals surface area contributed by atoms with Crippen molar-refractivity contribution in [2.45, 2.75) is 13.8 Å². The van der Waals surface area contributed by atoms with E-state index >= 15 is 0 Å². The normalized spacial score (nSPS) is 9.50. The van der Waals surface area contributed by atoms with Gasteiger partial charge in [0, 0.05) is 5.56 Å². The Morgan fingerprint density at radius 2 is 2.17 bits per heavy atom. The molecule has 3 nitrogen and oxygen atoms in total. The van der Waals surface area contributed by atoms with E-state index in [9.17, 15) is 4.79 Å². The molecule has 0 aliphatic carbocycles. The highest BCUT2D eigenvalue weighted by molar-refractivity contribution is 5.94. The van der Waals surface area contributed by atoms with Gasteiger partial charge in [0.25, 0.3) is 0 Å². The van der Waals surface area contributed by atoms with Gasteiger partial charge in [-0.3, -0.25) is 4.79 Å². The molecule has 0 atom stereocenters. The lowest BCUT2D eigenvalue weighted by Gasteiger charge is -1.99. The third-order valence-electron chi connectivity index (χ3n) is 1.74. The van der Waals surface area contributed by atoms with Crippen molar-refractivity contribution in [3.63, 3.8) is 0 Å². The van der Waals surface area contributed by atoms with Gasteiger partial charge in [-0.15, -0.1) is 0 Å². The molecule has 0 aliphatic rings. The summed E-state index contributed by atoms with van der Waals surface area (Å²) < 4.78 is 0. The lowest BCUT2D eigenvalue weighted by atomic mass is 10.1. The highest BCUT2D eigenvalue weighted by Gasteiger charge is 2.02. The molecular weight excluding hydrogens is 152 g/mol. The van der Waals surface area contributed by atoms with E-state index in [1.54, 1.807) is 18.2 Å². The summed E-state index contributed by atoms with van der Waals surface area (Å²) in [6.45, 7) is 3.36. The zero-order valence-corrected chi connectivity index (χ0v) is 7.09. The van der Waals surface area contributed by atoms with Gasteiger partial charge in [0.2, 0.25) is 0 Å². The second-order valence-electron chi connectivity index (χ2n) is 2.67. The van der Waals surface area contributed by atoms with Crippen LogP contribution >= 0.6 is 0 Å². The molecule has 0 unspecified atom stereocenters. The number of carbonyl (C=O) groups excluding carboxylic acids is 1. The predicted octanol–water partition coefficient (Wildman–Crippen LogP) is 2.86. The number of aryl methyl sites for hydroxylation is 1. The van der Waals surface area contributed by atoms with Crippen molar-refractivity contribution in [3.8, 4) is 0 Å². The molecular formula is C9H10N2O. The topological polar surface area (TPSA) is 53.3 Å². The van der Waals surface area contributed by atoms with Crippen molar-refractivity contribution in [1.29, 1.82) is 5.53 Å². The summed E-state index contributed by atoms with van der Waals surface area (Å²) in [5.74, 6) is -0.0000926. The molecule has 62 valence electrons. The van der Waals surface area contributed by atoms with Gasteiger partial charge < -0.3 is 0 Å². The molecule has 0 amide bonds. The minimum absolute atomic E-state index is 0.0000926. The van der Waals surface area contributed by atoms with Crippen LogP contribution in [0.15, 0.2) is 23.3 Å². The highest BCUT2D eigenvalue weighted by atomic mass is 16.1. The van der Waals surface area contributed by atoms with Crippen molar-refractivity contribution in [1.82, 2.24) is 0 Å². The molecule has 0 saturated carbocycles. The van der Waals surface area contributed by atoms with Crippen LogP contribution in [0.2, 0.25) is 0 Å². The van der Waals surface area contributed by atoms with Gasteiger partial charge in [-0.1, -0.05) is 12.1 Å². The Morgan fingerprint density at radius 1 is 1.50 bits per heavy atom. The standard InChI is InChI=1S/C9H10N2O/c1-6-3-4-8(7(2)12)5-9(6)11-10/h3-5,10H,1-2H3. The Morgan fingerprint density at radius 3 is 2.67 bits per heavy atom. The fourth-order valence-electron chi connectivity index (χ4n) is 0.949. The van der Waals surface area contributed by atoms with Crippen LogP contribution in [0.5, 0.6) is 0 Å². The molecule has 1 N–H and O–H groups in total. The van der Waals surface area contributed by atoms with Crippen LogP contribution in [0, 0.1) is 12.5 Å². The van der Waals surface area contributed by atoms with Crippen molar-refractivity contribution in [2.24, 2.45) is 5.11 Å². The van der Waals surface area contributed by atoms with Crippen LogP contribution in [-0.4, -0.2) is 5.78 Å². The molecule has 0 spiro atoms. The number of Topliss-reactive ketones (excluding diaryl/α,β-unsaturated/α-hetero) is 1. The lowest BCUT2D eigenvalue weighted by molar-refractivity contribution is 0.101. The van der Waals surface area contributed by atoms with E-state index in [0.717, 1.165) is 5.56 Å². The van der Waals surface area contributed by atoms with Crippen molar-refractivity contribution < 1.29 is 4.79 Å². The van der Waals surface area contributed by atoms with Gasteiger partial charge in [-0.05, 0) is 25.5 Å². The third kappa shape index (κ3) is 1.56. The van der Waals surface area contributed by atoms with Crippen LogP contribution in [0.1, 0.15) is 22.8 Å². The van der Waals surface area contributed by atoms with E-state index in [0.29, 0.717) is 11.3 Å². The van der Waals surface area contributed by atoms with Gasteiger partial charge in [-0.25, -0.2) is 5.53 Å². The quantitative estimate of drug-likeness (QED) is 0.527. The number of nitrogens with one attached hydrogen (secondary N) is 1. The number of carbonyl (C=O) groups is 1. The zero-order chi connectivity index (χ0) is 9.14. The Balaban J connectivity index is 3.22. The van der Waals surface area contributed by atoms with E-state index in [-0.39, 0.29) is 5.78 Å². The summed E-state index contributed by atoms with van der Waals surface area (Å²) in [6, 6.07) is 5.17. The second-order valence-corrected chi connectivity index (χ2v) is 2.67. The first-order valence-corrected chi connectivity index (χ1v) is 3.64. The van der Waals surface area contributed by atoms with Gasteiger partial charge in [0.15, 0.2) is 5.78 Å². The molecule has 0 bridgehead atoms. The summed E-state index contributed by atoms with van der Waals surface area (Å²) in [5.41, 5.74) is 8.91. The molecule has 1 aromatic rings. The maximum atomic E-state index is 10.9. The van der Waals surface area contributed by atoms with E-state index in [1.165, 1.54) is 6.92 Å². The summed E-state index contributed by atoms with van der Waals surface area (Å²) in [6.07, 6.45) is 0. The third-order valence-corrected chi connectivity index (χ3v) is 1.74. The van der Waals surface area contributed by atoms with Gasteiger partial charge in [0.1, 0.15) is 0 Å². The molecule has 0 radical (unpaired) electrons. The number of hydrogen-bond donors (Lipinski definition) is 1. The van der Waals surface area contributed by atoms with Gasteiger partial charge >= 0.3 is 0 Å². The zero-order valence-electron chi connectivity index (χ0n) is 7.09. The van der Waals surface area contributed by atoms with Gasteiger partial charge in [0.05, 0.1) is 5.69 Å². The fourth-order valence-corrected chi connectivity index (χ4v) is 0.949. The summed E-state index contributed by atoms with van der Waals surface area (Å²) in [4.78, 5) is 10.9. The van der Waals surface area contributed by atoms with E-state index < -0.39 is 0 Å². The first kappa shape index (κ1) is 8.59. The molecule has 1 rings (SSSR count). The predicted molar refractivity (Wildman–Crippen MR) is 46.0 cm³/mol. The van der Waals surface area contributed by atoms with E-state index in [1.807, 2.05) is 6.92 Å². The monoisotopic (exact) mass is 162 g/mol. The number of ketones is 1. The average molecular weight is 162 g/mol. The summed E-state index contributed by atoms with van der Waals surface area (Å²) in [7, 11) is 0. The number of benzene rings is 1. The first-order valence-electron chi connectivity index (χ1n) is 3.64. The molecule has 0 aromatic heterocycles. The smallest absolute Gasteiger partial charge is 0.159 e. The van der Waals surface area contributed by atoms with Crippen molar-refractivity contribution in [3.05, 3.63) is 29.3 Å². The largest absolute Gasteiger partial charge is 0.295 e. The maximum Gasteiger partial charge on any atom is 0.159 e. The lowest BCUT2D eigenvalue weighted by Crippen LogP contribution is -1.91. The number of rotatable bonds is 2. The average Bonchev–Trinajstić information content (AvgIpc) is 2.05. The first-order chi connectivity index (χ1) is 5.65. The number of nitrogens with zero attached hydrogens (tertiary/aromatic N) is 1. The van der Waals surface area contributed by atoms with Crippen LogP contribution in [0.4, 0.5) is 5.69 Å². The Labute approximate surface area is 70.9 Å². The van der Waals surface area contributed by atoms with Crippen LogP contribution < -0.4 is 0 Å². The summed E-state index contributed by atoms with van der Waals surface area (Å²) in [5, 5.41) is 3.31. The Kier molecular flexibility index (Phi) is 2.33. The van der Waals surface area contributed by atoms with Crippen molar-refractivity contribution in [2.75, 3.05) is 0 Å². The molecule has 0 heterocycles. The second kappa shape index (κ2) is 3.26. The Bertz CT molecular complexity index is 331.